The maximum Gasteiger partial charge on any atom is 0.196 e. The van der Waals surface area contributed by atoms with Gasteiger partial charge in [-0.2, -0.15) is 5.10 Å². The molecule has 7 heteroatoms. The average molecular weight is 210 g/mol. The van der Waals surface area contributed by atoms with E-state index in [0.29, 0.717) is 5.82 Å². The molecule has 68 valence electrons. The molecule has 0 radical (unpaired) electrons. The van der Waals surface area contributed by atoms with E-state index >= 15 is 0 Å². The Kier molecular flexibility index (Phi) is 7.47. The van der Waals surface area contributed by atoms with Crippen molar-refractivity contribution in [2.75, 3.05) is 0 Å². The van der Waals surface area contributed by atoms with Gasteiger partial charge >= 0.3 is 0 Å². The van der Waals surface area contributed by atoms with Gasteiger partial charge in [0.2, 0.25) is 0 Å². The van der Waals surface area contributed by atoms with Crippen LogP contribution in [0.5, 0.6) is 0 Å². The van der Waals surface area contributed by atoms with Gasteiger partial charge in [0.25, 0.3) is 0 Å². The second kappa shape index (κ2) is 6.63. The Balaban J connectivity index is 0. The fourth-order valence-corrected chi connectivity index (χ4v) is 0.489. The summed E-state index contributed by atoms with van der Waals surface area (Å²) in [5, 5.41) is 3.23. The number of hydrogen-bond acceptors (Lipinski definition) is 4. The third kappa shape index (κ3) is 3.36. The highest BCUT2D eigenvalue weighted by molar-refractivity contribution is 5.93. The van der Waals surface area contributed by atoms with Crippen LogP contribution in [0, 0.1) is 0 Å². The first kappa shape index (κ1) is 13.5. The summed E-state index contributed by atoms with van der Waals surface area (Å²) in [4.78, 5) is 7.61. The molecule has 0 fully saturated rings. The normalized spacial score (nSPS) is 9.50. The third-order valence-corrected chi connectivity index (χ3v) is 0.934. The first-order valence-corrected chi connectivity index (χ1v) is 2.65. The lowest BCUT2D eigenvalue weighted by atomic mass is 10.5. The zero-order valence-electron chi connectivity index (χ0n) is 6.04. The largest absolute Gasteiger partial charge is 0.379 e. The predicted octanol–water partition coefficient (Wildman–Crippen LogP) is -0.101. The molecule has 12 heavy (non-hydrogen) atoms. The van der Waals surface area contributed by atoms with Crippen LogP contribution in [-0.2, 0) is 0 Å². The molecule has 0 aliphatic heterocycles. The van der Waals surface area contributed by atoms with E-state index in [9.17, 15) is 0 Å². The second-order valence-corrected chi connectivity index (χ2v) is 1.59. The fourth-order valence-electron chi connectivity index (χ4n) is 0.489. The molecule has 0 unspecified atom stereocenters. The maximum absolute atomic E-state index is 5.29. The molecule has 1 heterocycles. The minimum absolute atomic E-state index is 0. The van der Waals surface area contributed by atoms with E-state index in [2.05, 4.69) is 15.1 Å². The molecule has 0 aromatic carbocycles. The molecule has 4 N–H and O–H groups in total. The molecule has 0 saturated carbocycles. The smallest absolute Gasteiger partial charge is 0.196 e. The second-order valence-electron chi connectivity index (χ2n) is 1.59. The van der Waals surface area contributed by atoms with Gasteiger partial charge in [-0.1, -0.05) is 0 Å². The summed E-state index contributed by atoms with van der Waals surface area (Å²) >= 11 is 0. The maximum atomic E-state index is 5.29. The highest BCUT2D eigenvalue weighted by Crippen LogP contribution is 1.83. The Morgan fingerprint density at radius 1 is 1.25 bits per heavy atom. The van der Waals surface area contributed by atoms with E-state index in [1.165, 1.54) is 0 Å². The standard InChI is InChI=1S/C5H7N5.2ClH/c6-4(10-7)5-8-2-1-3-9-5;;/h1-3H,7H2,(H2,6,10);2*1H. The van der Waals surface area contributed by atoms with Crippen molar-refractivity contribution in [2.45, 2.75) is 0 Å². The SMILES string of the molecule is Cl.Cl.N/N=C(\N)c1ncccn1. The number of aromatic nitrogens is 2. The molecular formula is C5H9Cl2N5. The summed E-state index contributed by atoms with van der Waals surface area (Å²) in [6.07, 6.45) is 3.14. The van der Waals surface area contributed by atoms with Crippen LogP contribution in [0.15, 0.2) is 23.6 Å². The van der Waals surface area contributed by atoms with Crippen molar-refractivity contribution in [1.29, 1.82) is 0 Å². The van der Waals surface area contributed by atoms with E-state index in [-0.39, 0.29) is 30.6 Å². The van der Waals surface area contributed by atoms with Gasteiger partial charge < -0.3 is 11.6 Å². The molecule has 1 aromatic rings. The van der Waals surface area contributed by atoms with Crippen molar-refractivity contribution in [3.05, 3.63) is 24.3 Å². The lowest BCUT2D eigenvalue weighted by Gasteiger charge is -1.92. The summed E-state index contributed by atoms with van der Waals surface area (Å²) in [6, 6.07) is 1.69. The van der Waals surface area contributed by atoms with Gasteiger partial charge in [0.05, 0.1) is 0 Å². The van der Waals surface area contributed by atoms with Gasteiger partial charge in [0, 0.05) is 12.4 Å². The predicted molar refractivity (Wildman–Crippen MR) is 51.4 cm³/mol. The summed E-state index contributed by atoms with van der Waals surface area (Å²) in [5.74, 6) is 5.38. The summed E-state index contributed by atoms with van der Waals surface area (Å²) < 4.78 is 0. The van der Waals surface area contributed by atoms with Crippen LogP contribution in [0.3, 0.4) is 0 Å². The third-order valence-electron chi connectivity index (χ3n) is 0.934. The van der Waals surface area contributed by atoms with E-state index in [4.69, 9.17) is 11.6 Å². The van der Waals surface area contributed by atoms with Gasteiger partial charge in [-0.25, -0.2) is 9.97 Å². The molecule has 0 spiro atoms. The average Bonchev–Trinajstić information content (AvgIpc) is 2.05. The quantitative estimate of drug-likeness (QED) is 0.293. The summed E-state index contributed by atoms with van der Waals surface area (Å²) in [7, 11) is 0. The Hall–Kier alpha value is -1.07. The van der Waals surface area contributed by atoms with Crippen LogP contribution >= 0.6 is 24.8 Å². The Labute approximate surface area is 82.1 Å². The van der Waals surface area contributed by atoms with Crippen LogP contribution in [0.2, 0.25) is 0 Å². The highest BCUT2D eigenvalue weighted by Gasteiger charge is 1.96. The van der Waals surface area contributed by atoms with Crippen molar-refractivity contribution in [1.82, 2.24) is 9.97 Å². The molecule has 0 saturated heterocycles. The van der Waals surface area contributed by atoms with E-state index in [0.717, 1.165) is 0 Å². The number of nitrogens with zero attached hydrogens (tertiary/aromatic N) is 3. The lowest BCUT2D eigenvalue weighted by molar-refractivity contribution is 1.10. The molecule has 0 amide bonds. The van der Waals surface area contributed by atoms with Crippen LogP contribution in [0.1, 0.15) is 5.82 Å². The molecule has 0 aliphatic rings. The molecule has 1 aromatic heterocycles. The Morgan fingerprint density at radius 3 is 2.17 bits per heavy atom. The van der Waals surface area contributed by atoms with E-state index in [1.54, 1.807) is 18.5 Å². The number of hydrazone groups is 1. The number of halogens is 2. The van der Waals surface area contributed by atoms with Crippen molar-refractivity contribution < 1.29 is 0 Å². The first-order valence-electron chi connectivity index (χ1n) is 2.65. The van der Waals surface area contributed by atoms with Crippen molar-refractivity contribution in [3.8, 4) is 0 Å². The summed E-state index contributed by atoms with van der Waals surface area (Å²) in [6.45, 7) is 0. The summed E-state index contributed by atoms with van der Waals surface area (Å²) in [5.41, 5.74) is 5.29. The Bertz CT molecular complexity index is 237. The molecule has 5 nitrogen and oxygen atoms in total. The zero-order chi connectivity index (χ0) is 7.40. The molecule has 0 atom stereocenters. The van der Waals surface area contributed by atoms with E-state index < -0.39 is 0 Å². The van der Waals surface area contributed by atoms with Crippen molar-refractivity contribution in [2.24, 2.45) is 16.7 Å². The lowest BCUT2D eigenvalue weighted by Crippen LogP contribution is -2.18. The highest BCUT2D eigenvalue weighted by atomic mass is 35.5. The van der Waals surface area contributed by atoms with Gasteiger partial charge in [0.1, 0.15) is 0 Å². The van der Waals surface area contributed by atoms with Gasteiger partial charge in [-0.3, -0.25) is 0 Å². The van der Waals surface area contributed by atoms with Gasteiger partial charge in [0.15, 0.2) is 11.7 Å². The number of hydrogen-bond donors (Lipinski definition) is 2. The number of nitrogens with two attached hydrogens (primary N) is 2. The van der Waals surface area contributed by atoms with E-state index in [1.807, 2.05) is 0 Å². The first-order chi connectivity index (χ1) is 4.84. The molecule has 0 aliphatic carbocycles. The van der Waals surface area contributed by atoms with Crippen LogP contribution < -0.4 is 11.6 Å². The number of rotatable bonds is 1. The Morgan fingerprint density at radius 2 is 1.75 bits per heavy atom. The number of amidine groups is 1. The van der Waals surface area contributed by atoms with Gasteiger partial charge in [-0.15, -0.1) is 24.8 Å². The van der Waals surface area contributed by atoms with Crippen LogP contribution in [-0.4, -0.2) is 15.8 Å². The minimum Gasteiger partial charge on any atom is -0.379 e. The van der Waals surface area contributed by atoms with Crippen LogP contribution in [0.4, 0.5) is 0 Å². The molecule has 0 bridgehead atoms. The van der Waals surface area contributed by atoms with Gasteiger partial charge in [-0.05, 0) is 6.07 Å². The van der Waals surface area contributed by atoms with Crippen molar-refractivity contribution in [3.63, 3.8) is 0 Å². The molecule has 1 rings (SSSR count). The minimum atomic E-state index is 0. The fraction of sp³-hybridized carbons (Fsp3) is 0. The van der Waals surface area contributed by atoms with Crippen LogP contribution in [0.25, 0.3) is 0 Å². The van der Waals surface area contributed by atoms with Crippen molar-refractivity contribution >= 4 is 30.6 Å². The monoisotopic (exact) mass is 209 g/mol. The zero-order valence-corrected chi connectivity index (χ0v) is 7.68. The topological polar surface area (TPSA) is 90.2 Å². The molecular weight excluding hydrogens is 201 g/mol.